The van der Waals surface area contributed by atoms with Crippen LogP contribution in [0, 0.1) is 6.92 Å². The minimum Gasteiger partial charge on any atom is -0.487 e. The van der Waals surface area contributed by atoms with Gasteiger partial charge in [0.25, 0.3) is 0 Å². The Morgan fingerprint density at radius 2 is 1.89 bits per heavy atom. The maximum Gasteiger partial charge on any atom is 0.416 e. The third kappa shape index (κ3) is 5.01. The fourth-order valence-electron chi connectivity index (χ4n) is 2.61. The first-order valence-corrected chi connectivity index (χ1v) is 8.49. The number of benzene rings is 2. The van der Waals surface area contributed by atoms with Crippen LogP contribution in [-0.4, -0.2) is 16.7 Å². The van der Waals surface area contributed by atoms with Crippen molar-refractivity contribution in [2.75, 3.05) is 6.61 Å². The molecule has 3 rings (SSSR count). The molecular weight excluding hydrogens is 371 g/mol. The van der Waals surface area contributed by atoms with Crippen molar-refractivity contribution in [3.63, 3.8) is 0 Å². The first-order valence-electron chi connectivity index (χ1n) is 8.49. The van der Waals surface area contributed by atoms with Gasteiger partial charge in [0.1, 0.15) is 24.3 Å². The van der Waals surface area contributed by atoms with E-state index in [1.165, 1.54) is 18.4 Å². The fourth-order valence-corrected chi connectivity index (χ4v) is 2.61. The van der Waals surface area contributed by atoms with E-state index < -0.39 is 11.7 Å². The molecule has 3 aromatic rings. The number of alkyl halides is 3. The van der Waals surface area contributed by atoms with Gasteiger partial charge in [-0.3, -0.25) is 0 Å². The number of ether oxygens (including phenoxy) is 1. The van der Waals surface area contributed by atoms with Crippen molar-refractivity contribution in [3.8, 4) is 17.2 Å². The number of oxazole rings is 1. The first kappa shape index (κ1) is 19.7. The Balaban J connectivity index is 1.68. The fraction of sp³-hybridized carbons (Fsp3) is 0.190. The largest absolute Gasteiger partial charge is 0.487 e. The summed E-state index contributed by atoms with van der Waals surface area (Å²) in [5.41, 5.74) is 2.14. The van der Waals surface area contributed by atoms with Crippen LogP contribution in [0.15, 0.2) is 59.2 Å². The molecule has 0 atom stereocenters. The number of halogens is 3. The van der Waals surface area contributed by atoms with Crippen LogP contribution in [0.3, 0.4) is 0 Å². The van der Waals surface area contributed by atoms with Crippen molar-refractivity contribution >= 4 is 6.08 Å². The van der Waals surface area contributed by atoms with Crippen LogP contribution < -0.4 is 4.74 Å². The molecule has 1 heterocycles. The summed E-state index contributed by atoms with van der Waals surface area (Å²) in [6.45, 7) is 2.04. The quantitative estimate of drug-likeness (QED) is 0.625. The zero-order valence-corrected chi connectivity index (χ0v) is 15.0. The van der Waals surface area contributed by atoms with Crippen LogP contribution >= 0.6 is 0 Å². The average molecular weight is 389 g/mol. The smallest absolute Gasteiger partial charge is 0.416 e. The van der Waals surface area contributed by atoms with Crippen molar-refractivity contribution < 1.29 is 27.4 Å². The molecule has 0 unspecified atom stereocenters. The van der Waals surface area contributed by atoms with Crippen LogP contribution in [0.25, 0.3) is 17.5 Å². The molecule has 0 aliphatic heterocycles. The molecule has 0 amide bonds. The lowest BCUT2D eigenvalue weighted by Crippen LogP contribution is -2.04. The van der Waals surface area contributed by atoms with E-state index in [1.807, 2.05) is 25.1 Å². The minimum atomic E-state index is -4.38. The van der Waals surface area contributed by atoms with Crippen molar-refractivity contribution in [1.82, 2.24) is 4.98 Å². The third-order valence-electron chi connectivity index (χ3n) is 3.89. The third-order valence-corrected chi connectivity index (χ3v) is 3.89. The maximum atomic E-state index is 12.6. The topological polar surface area (TPSA) is 55.5 Å². The summed E-state index contributed by atoms with van der Waals surface area (Å²) in [4.78, 5) is 4.26. The minimum absolute atomic E-state index is 0.0458. The molecule has 28 heavy (non-hydrogen) atoms. The standard InChI is InChI=1S/C21H18F3NO3/c1-14-9-15(3-2-8-26)11-19(10-14)27-12-18-13-28-20(25-18)16-4-6-17(7-5-16)21(22,23)24/h2-7,9-11,13,26H,8,12H2,1H3. The molecular formula is C21H18F3NO3. The van der Waals surface area contributed by atoms with Crippen LogP contribution in [0.1, 0.15) is 22.4 Å². The highest BCUT2D eigenvalue weighted by molar-refractivity contribution is 5.54. The number of hydrogen-bond acceptors (Lipinski definition) is 4. The number of rotatable bonds is 6. The highest BCUT2D eigenvalue weighted by atomic mass is 19.4. The zero-order valence-electron chi connectivity index (χ0n) is 15.0. The Labute approximate surface area is 159 Å². The molecule has 2 aromatic carbocycles. The summed E-state index contributed by atoms with van der Waals surface area (Å²) in [5, 5.41) is 8.88. The predicted molar refractivity (Wildman–Crippen MR) is 98.6 cm³/mol. The van der Waals surface area contributed by atoms with Gasteiger partial charge in [-0.2, -0.15) is 13.2 Å². The Morgan fingerprint density at radius 3 is 2.57 bits per heavy atom. The van der Waals surface area contributed by atoms with E-state index in [0.29, 0.717) is 17.0 Å². The van der Waals surface area contributed by atoms with Gasteiger partial charge in [0.15, 0.2) is 0 Å². The van der Waals surface area contributed by atoms with Gasteiger partial charge in [0.2, 0.25) is 5.89 Å². The zero-order chi connectivity index (χ0) is 20.1. The van der Waals surface area contributed by atoms with Crippen LogP contribution in [0.2, 0.25) is 0 Å². The van der Waals surface area contributed by atoms with Gasteiger partial charge in [-0.25, -0.2) is 4.98 Å². The van der Waals surface area contributed by atoms with E-state index >= 15 is 0 Å². The number of aromatic nitrogens is 1. The molecule has 1 aromatic heterocycles. The van der Waals surface area contributed by atoms with E-state index in [0.717, 1.165) is 23.3 Å². The summed E-state index contributed by atoms with van der Waals surface area (Å²) < 4.78 is 49.0. The number of nitrogens with zero attached hydrogens (tertiary/aromatic N) is 1. The number of aliphatic hydroxyl groups is 1. The van der Waals surface area contributed by atoms with Crippen LogP contribution in [0.5, 0.6) is 5.75 Å². The number of hydrogen-bond donors (Lipinski definition) is 1. The maximum absolute atomic E-state index is 12.6. The molecule has 1 N–H and O–H groups in total. The summed E-state index contributed by atoms with van der Waals surface area (Å²) >= 11 is 0. The second-order valence-electron chi connectivity index (χ2n) is 6.17. The molecule has 7 heteroatoms. The highest BCUT2D eigenvalue weighted by Crippen LogP contribution is 2.31. The van der Waals surface area contributed by atoms with Gasteiger partial charge in [-0.15, -0.1) is 0 Å². The van der Waals surface area contributed by atoms with Gasteiger partial charge in [0.05, 0.1) is 12.2 Å². The van der Waals surface area contributed by atoms with E-state index in [4.69, 9.17) is 14.3 Å². The van der Waals surface area contributed by atoms with Gasteiger partial charge in [0, 0.05) is 5.56 Å². The van der Waals surface area contributed by atoms with Gasteiger partial charge in [-0.1, -0.05) is 18.2 Å². The summed E-state index contributed by atoms with van der Waals surface area (Å²) in [6.07, 6.45) is 0.452. The highest BCUT2D eigenvalue weighted by Gasteiger charge is 2.30. The molecule has 0 aliphatic carbocycles. The number of aliphatic hydroxyl groups excluding tert-OH is 1. The first-order chi connectivity index (χ1) is 13.3. The monoisotopic (exact) mass is 389 g/mol. The number of aryl methyl sites for hydroxylation is 1. The summed E-state index contributed by atoms with van der Waals surface area (Å²) in [6, 6.07) is 10.3. The van der Waals surface area contributed by atoms with Crippen LogP contribution in [0.4, 0.5) is 13.2 Å². The Kier molecular flexibility index (Phi) is 5.84. The van der Waals surface area contributed by atoms with E-state index in [-0.39, 0.29) is 19.1 Å². The van der Waals surface area contributed by atoms with E-state index in [9.17, 15) is 13.2 Å². The lowest BCUT2D eigenvalue weighted by molar-refractivity contribution is -0.137. The molecule has 4 nitrogen and oxygen atoms in total. The van der Waals surface area contributed by atoms with Gasteiger partial charge < -0.3 is 14.3 Å². The van der Waals surface area contributed by atoms with Crippen molar-refractivity contribution in [2.24, 2.45) is 0 Å². The lowest BCUT2D eigenvalue weighted by Gasteiger charge is -2.07. The molecule has 146 valence electrons. The second-order valence-corrected chi connectivity index (χ2v) is 6.17. The molecule has 0 aliphatic rings. The molecule has 0 spiro atoms. The van der Waals surface area contributed by atoms with Gasteiger partial charge >= 0.3 is 6.18 Å². The molecule has 0 bridgehead atoms. The Bertz CT molecular complexity index is 960. The molecule has 0 saturated carbocycles. The molecule has 0 saturated heterocycles. The normalized spacial score (nSPS) is 11.9. The molecule has 0 fully saturated rings. The predicted octanol–water partition coefficient (Wildman–Crippen LogP) is 5.25. The second kappa shape index (κ2) is 8.31. The average Bonchev–Trinajstić information content (AvgIpc) is 3.13. The molecule has 0 radical (unpaired) electrons. The van der Waals surface area contributed by atoms with Crippen molar-refractivity contribution in [1.29, 1.82) is 0 Å². The SMILES string of the molecule is Cc1cc(C=CCO)cc(OCc2coc(-c3ccc(C(F)(F)F)cc3)n2)c1. The van der Waals surface area contributed by atoms with Crippen molar-refractivity contribution in [3.05, 3.63) is 77.2 Å². The summed E-state index contributed by atoms with van der Waals surface area (Å²) in [7, 11) is 0. The Morgan fingerprint density at radius 1 is 1.14 bits per heavy atom. The van der Waals surface area contributed by atoms with E-state index in [2.05, 4.69) is 4.98 Å². The summed E-state index contributed by atoms with van der Waals surface area (Å²) in [5.74, 6) is 0.861. The lowest BCUT2D eigenvalue weighted by atomic mass is 10.1. The Hall–Kier alpha value is -3.06. The van der Waals surface area contributed by atoms with Crippen molar-refractivity contribution in [2.45, 2.75) is 19.7 Å². The van der Waals surface area contributed by atoms with E-state index in [1.54, 1.807) is 12.2 Å². The van der Waals surface area contributed by atoms with Crippen LogP contribution in [-0.2, 0) is 12.8 Å². The van der Waals surface area contributed by atoms with Gasteiger partial charge in [-0.05, 0) is 54.4 Å².